The first-order valence-electron chi connectivity index (χ1n) is 6.68. The van der Waals surface area contributed by atoms with Crippen LogP contribution in [0.25, 0.3) is 0 Å². The van der Waals surface area contributed by atoms with E-state index in [2.05, 4.69) is 6.92 Å². The van der Waals surface area contributed by atoms with Gasteiger partial charge in [-0.3, -0.25) is 0 Å². The summed E-state index contributed by atoms with van der Waals surface area (Å²) in [4.78, 5) is 0. The molecule has 0 bridgehead atoms. The molecule has 2 rings (SSSR count). The van der Waals surface area contributed by atoms with Crippen molar-refractivity contribution in [3.05, 3.63) is 0 Å². The average Bonchev–Trinajstić information content (AvgIpc) is 2.19. The lowest BCUT2D eigenvalue weighted by atomic mass is 9.91. The van der Waals surface area contributed by atoms with Crippen LogP contribution in [0, 0.1) is 5.92 Å². The van der Waals surface area contributed by atoms with Crippen LogP contribution in [0.2, 0.25) is 0 Å². The first-order valence-corrected chi connectivity index (χ1v) is 6.68. The van der Waals surface area contributed by atoms with E-state index in [-0.39, 0.29) is 5.66 Å². The molecule has 0 spiro atoms. The number of hydrogen-bond acceptors (Lipinski definition) is 2. The molecule has 0 aromatic rings. The second kappa shape index (κ2) is 6.49. The van der Waals surface area contributed by atoms with Crippen molar-refractivity contribution in [1.29, 1.82) is 0 Å². The third kappa shape index (κ3) is 6.16. The molecule has 0 unspecified atom stereocenters. The van der Waals surface area contributed by atoms with Crippen LogP contribution in [0.5, 0.6) is 0 Å². The smallest absolute Gasteiger partial charge is 0.0636 e. The maximum absolute atomic E-state index is 5.66. The van der Waals surface area contributed by atoms with Gasteiger partial charge in [0.25, 0.3) is 0 Å². The quantitative estimate of drug-likeness (QED) is 0.606. The summed E-state index contributed by atoms with van der Waals surface area (Å²) in [5.41, 5.74) is 11.0. The van der Waals surface area contributed by atoms with Gasteiger partial charge in [-0.25, -0.2) is 0 Å². The molecule has 15 heavy (non-hydrogen) atoms. The standard InChI is InChI=1S/C7H14.C6H14N2/c1-7-5-3-2-4-6-7;7-6(8)4-2-1-3-5-6/h7H,2-6H2,1H3;1-5,7-8H2. The van der Waals surface area contributed by atoms with Crippen molar-refractivity contribution >= 4 is 0 Å². The Morgan fingerprint density at radius 3 is 1.53 bits per heavy atom. The SMILES string of the molecule is CC1CCCCC1.NC1(N)CCCCC1. The molecule has 0 aromatic carbocycles. The fourth-order valence-electron chi connectivity index (χ4n) is 2.52. The van der Waals surface area contributed by atoms with Gasteiger partial charge in [-0.1, -0.05) is 58.3 Å². The Labute approximate surface area is 94.8 Å². The van der Waals surface area contributed by atoms with Crippen molar-refractivity contribution in [1.82, 2.24) is 0 Å². The first-order chi connectivity index (χ1) is 7.10. The van der Waals surface area contributed by atoms with E-state index in [4.69, 9.17) is 11.5 Å². The largest absolute Gasteiger partial charge is 0.313 e. The monoisotopic (exact) mass is 212 g/mol. The molecule has 0 aliphatic heterocycles. The lowest BCUT2D eigenvalue weighted by molar-refractivity contribution is 0.306. The van der Waals surface area contributed by atoms with Crippen molar-refractivity contribution in [3.63, 3.8) is 0 Å². The van der Waals surface area contributed by atoms with Gasteiger partial charge in [0.15, 0.2) is 0 Å². The third-order valence-corrected chi connectivity index (χ3v) is 3.68. The molecule has 2 nitrogen and oxygen atoms in total. The van der Waals surface area contributed by atoms with E-state index in [0.717, 1.165) is 18.8 Å². The Kier molecular flexibility index (Phi) is 5.62. The summed E-state index contributed by atoms with van der Waals surface area (Å²) in [5.74, 6) is 1.04. The highest BCUT2D eigenvalue weighted by atomic mass is 14.9. The van der Waals surface area contributed by atoms with Gasteiger partial charge in [0.05, 0.1) is 5.66 Å². The molecule has 0 amide bonds. The highest BCUT2D eigenvalue weighted by Gasteiger charge is 2.21. The maximum atomic E-state index is 5.66. The zero-order chi connectivity index (χ0) is 11.1. The summed E-state index contributed by atoms with van der Waals surface area (Å²) in [6.07, 6.45) is 13.2. The maximum Gasteiger partial charge on any atom is 0.0636 e. The molecule has 90 valence electrons. The van der Waals surface area contributed by atoms with Crippen LogP contribution in [0.15, 0.2) is 0 Å². The van der Waals surface area contributed by atoms with Gasteiger partial charge < -0.3 is 11.5 Å². The van der Waals surface area contributed by atoms with E-state index in [1.54, 1.807) is 0 Å². The Morgan fingerprint density at radius 2 is 1.27 bits per heavy atom. The summed E-state index contributed by atoms with van der Waals surface area (Å²) in [6.45, 7) is 2.36. The lowest BCUT2D eigenvalue weighted by Crippen LogP contribution is -2.50. The first kappa shape index (κ1) is 13.0. The summed E-state index contributed by atoms with van der Waals surface area (Å²) in [5, 5.41) is 0. The third-order valence-electron chi connectivity index (χ3n) is 3.68. The number of rotatable bonds is 0. The molecule has 2 saturated carbocycles. The molecule has 4 N–H and O–H groups in total. The van der Waals surface area contributed by atoms with Crippen LogP contribution in [-0.2, 0) is 0 Å². The predicted octanol–water partition coefficient (Wildman–Crippen LogP) is 3.15. The zero-order valence-electron chi connectivity index (χ0n) is 10.3. The summed E-state index contributed by atoms with van der Waals surface area (Å²) >= 11 is 0. The van der Waals surface area contributed by atoms with E-state index >= 15 is 0 Å². The molecule has 2 aliphatic rings. The van der Waals surface area contributed by atoms with Crippen molar-refractivity contribution < 1.29 is 0 Å². The molecule has 0 aromatic heterocycles. The van der Waals surface area contributed by atoms with Crippen molar-refractivity contribution in [2.75, 3.05) is 0 Å². The highest BCUT2D eigenvalue weighted by Crippen LogP contribution is 2.22. The number of hydrogen-bond donors (Lipinski definition) is 2. The molecule has 0 saturated heterocycles. The van der Waals surface area contributed by atoms with Crippen molar-refractivity contribution in [2.24, 2.45) is 17.4 Å². The van der Waals surface area contributed by atoms with Crippen LogP contribution in [-0.4, -0.2) is 5.66 Å². The van der Waals surface area contributed by atoms with Gasteiger partial charge in [0.1, 0.15) is 0 Å². The highest BCUT2D eigenvalue weighted by molar-refractivity contribution is 4.79. The second-order valence-electron chi connectivity index (χ2n) is 5.54. The fraction of sp³-hybridized carbons (Fsp3) is 1.00. The predicted molar refractivity (Wildman–Crippen MR) is 66.4 cm³/mol. The van der Waals surface area contributed by atoms with Crippen LogP contribution in [0.1, 0.15) is 71.1 Å². The fourth-order valence-corrected chi connectivity index (χ4v) is 2.52. The van der Waals surface area contributed by atoms with Crippen LogP contribution < -0.4 is 11.5 Å². The van der Waals surface area contributed by atoms with Gasteiger partial charge in [-0.15, -0.1) is 0 Å². The van der Waals surface area contributed by atoms with Crippen LogP contribution in [0.4, 0.5) is 0 Å². The Morgan fingerprint density at radius 1 is 0.800 bits per heavy atom. The van der Waals surface area contributed by atoms with Gasteiger partial charge in [0, 0.05) is 0 Å². The molecule has 2 fully saturated rings. The van der Waals surface area contributed by atoms with Crippen molar-refractivity contribution in [2.45, 2.75) is 76.8 Å². The average molecular weight is 212 g/mol. The minimum absolute atomic E-state index is 0.321. The van der Waals surface area contributed by atoms with Gasteiger partial charge in [-0.2, -0.15) is 0 Å². The van der Waals surface area contributed by atoms with Gasteiger partial charge in [-0.05, 0) is 18.8 Å². The van der Waals surface area contributed by atoms with Crippen LogP contribution in [0.3, 0.4) is 0 Å². The molecule has 2 aliphatic carbocycles. The molecule has 0 atom stereocenters. The summed E-state index contributed by atoms with van der Waals surface area (Å²) in [7, 11) is 0. The molecule has 0 radical (unpaired) electrons. The van der Waals surface area contributed by atoms with Gasteiger partial charge >= 0.3 is 0 Å². The topological polar surface area (TPSA) is 52.0 Å². The second-order valence-corrected chi connectivity index (χ2v) is 5.54. The van der Waals surface area contributed by atoms with E-state index in [1.807, 2.05) is 0 Å². The Balaban J connectivity index is 0.000000151. The van der Waals surface area contributed by atoms with Gasteiger partial charge in [0.2, 0.25) is 0 Å². The molecular formula is C13H28N2. The minimum atomic E-state index is -0.321. The summed E-state index contributed by atoms with van der Waals surface area (Å²) < 4.78 is 0. The number of nitrogens with two attached hydrogens (primary N) is 2. The molecule has 2 heteroatoms. The van der Waals surface area contributed by atoms with Crippen molar-refractivity contribution in [3.8, 4) is 0 Å². The van der Waals surface area contributed by atoms with E-state index in [1.165, 1.54) is 51.4 Å². The van der Waals surface area contributed by atoms with E-state index in [9.17, 15) is 0 Å². The zero-order valence-corrected chi connectivity index (χ0v) is 10.3. The minimum Gasteiger partial charge on any atom is -0.313 e. The normalized spacial score (nSPS) is 26.6. The molecular weight excluding hydrogens is 184 g/mol. The molecule has 0 heterocycles. The Hall–Kier alpha value is -0.0800. The summed E-state index contributed by atoms with van der Waals surface area (Å²) in [6, 6.07) is 0. The Bertz CT molecular complexity index is 152. The van der Waals surface area contributed by atoms with Crippen LogP contribution >= 0.6 is 0 Å². The van der Waals surface area contributed by atoms with E-state index < -0.39 is 0 Å². The van der Waals surface area contributed by atoms with E-state index in [0.29, 0.717) is 0 Å². The lowest BCUT2D eigenvalue weighted by Gasteiger charge is -2.28.